The van der Waals surface area contributed by atoms with E-state index in [1.807, 2.05) is 24.3 Å². The van der Waals surface area contributed by atoms with Crippen LogP contribution in [0.15, 0.2) is 29.8 Å². The van der Waals surface area contributed by atoms with Gasteiger partial charge in [0.05, 0.1) is 32.5 Å². The predicted molar refractivity (Wildman–Crippen MR) is 101 cm³/mol. The Kier molecular flexibility index (Phi) is 6.42. The molecule has 6 heteroatoms. The SMILES string of the molecule is COCOC(c1ccc(OC)cc1OC)C12CCCCC1=CC(O)C(O)C2. The average Bonchev–Trinajstić information content (AvgIpc) is 2.69. The molecule has 0 radical (unpaired) electrons. The molecule has 0 heterocycles. The number of benzene rings is 1. The standard InChI is InChI=1S/C21H30O6/c1-24-13-27-20(16-8-7-15(25-2)11-19(16)26-3)21-9-5-4-6-14(21)10-17(22)18(23)12-21/h7-8,10-11,17-18,20,22-23H,4-6,9,12-13H2,1-3H3. The second-order valence-corrected chi connectivity index (χ2v) is 7.38. The van der Waals surface area contributed by atoms with Crippen LogP contribution in [0.1, 0.15) is 43.8 Å². The van der Waals surface area contributed by atoms with Gasteiger partial charge in [-0.25, -0.2) is 0 Å². The van der Waals surface area contributed by atoms with E-state index >= 15 is 0 Å². The van der Waals surface area contributed by atoms with Crippen molar-refractivity contribution in [1.82, 2.24) is 0 Å². The summed E-state index contributed by atoms with van der Waals surface area (Å²) in [5.74, 6) is 1.38. The highest BCUT2D eigenvalue weighted by atomic mass is 16.7. The van der Waals surface area contributed by atoms with Gasteiger partial charge in [0.2, 0.25) is 0 Å². The second-order valence-electron chi connectivity index (χ2n) is 7.38. The Morgan fingerprint density at radius 3 is 2.67 bits per heavy atom. The third kappa shape index (κ3) is 3.85. The van der Waals surface area contributed by atoms with Crippen LogP contribution in [0.4, 0.5) is 0 Å². The molecule has 0 bridgehead atoms. The molecular formula is C21H30O6. The van der Waals surface area contributed by atoms with Gasteiger partial charge in [0.1, 0.15) is 18.3 Å². The van der Waals surface area contributed by atoms with Gasteiger partial charge in [0.25, 0.3) is 0 Å². The monoisotopic (exact) mass is 378 g/mol. The van der Waals surface area contributed by atoms with Gasteiger partial charge in [-0.15, -0.1) is 0 Å². The molecule has 0 saturated heterocycles. The summed E-state index contributed by atoms with van der Waals surface area (Å²) in [6, 6.07) is 5.68. The maximum absolute atomic E-state index is 10.5. The molecule has 2 aliphatic carbocycles. The fraction of sp³-hybridized carbons (Fsp3) is 0.619. The lowest BCUT2D eigenvalue weighted by Crippen LogP contribution is -2.45. The zero-order valence-electron chi connectivity index (χ0n) is 16.3. The summed E-state index contributed by atoms with van der Waals surface area (Å²) in [7, 11) is 4.84. The summed E-state index contributed by atoms with van der Waals surface area (Å²) >= 11 is 0. The summed E-state index contributed by atoms with van der Waals surface area (Å²) in [4.78, 5) is 0. The molecule has 2 aliphatic rings. The van der Waals surface area contributed by atoms with Crippen LogP contribution in [-0.2, 0) is 9.47 Å². The van der Waals surface area contributed by atoms with Crippen molar-refractivity contribution < 1.29 is 29.2 Å². The van der Waals surface area contributed by atoms with Gasteiger partial charge in [-0.1, -0.05) is 18.1 Å². The van der Waals surface area contributed by atoms with Crippen molar-refractivity contribution in [1.29, 1.82) is 0 Å². The Hall–Kier alpha value is -1.60. The van der Waals surface area contributed by atoms with E-state index in [1.54, 1.807) is 21.3 Å². The zero-order valence-corrected chi connectivity index (χ0v) is 16.3. The van der Waals surface area contributed by atoms with Gasteiger partial charge >= 0.3 is 0 Å². The lowest BCUT2D eigenvalue weighted by atomic mass is 9.59. The van der Waals surface area contributed by atoms with Crippen LogP contribution in [0.5, 0.6) is 11.5 Å². The minimum Gasteiger partial charge on any atom is -0.497 e. The van der Waals surface area contributed by atoms with Crippen molar-refractivity contribution in [2.75, 3.05) is 28.1 Å². The van der Waals surface area contributed by atoms with E-state index in [0.29, 0.717) is 17.9 Å². The Labute approximate surface area is 160 Å². The van der Waals surface area contributed by atoms with Crippen molar-refractivity contribution >= 4 is 0 Å². The number of hydrogen-bond donors (Lipinski definition) is 2. The van der Waals surface area contributed by atoms with Crippen LogP contribution in [0.25, 0.3) is 0 Å². The zero-order chi connectivity index (χ0) is 19.4. The summed E-state index contributed by atoms with van der Waals surface area (Å²) < 4.78 is 22.4. The fourth-order valence-corrected chi connectivity index (χ4v) is 4.58. The summed E-state index contributed by atoms with van der Waals surface area (Å²) in [5, 5.41) is 20.7. The Bertz CT molecular complexity index is 673. The minimum absolute atomic E-state index is 0.132. The Morgan fingerprint density at radius 1 is 1.15 bits per heavy atom. The molecule has 0 aromatic heterocycles. The van der Waals surface area contributed by atoms with E-state index in [-0.39, 0.29) is 12.9 Å². The normalized spacial score (nSPS) is 28.9. The first-order valence-electron chi connectivity index (χ1n) is 9.45. The molecule has 0 spiro atoms. The topological polar surface area (TPSA) is 77.4 Å². The molecule has 0 amide bonds. The molecular weight excluding hydrogens is 348 g/mol. The van der Waals surface area contributed by atoms with Gasteiger partial charge < -0.3 is 29.2 Å². The summed E-state index contributed by atoms with van der Waals surface area (Å²) in [6.07, 6.45) is 4.18. The van der Waals surface area contributed by atoms with Gasteiger partial charge in [-0.2, -0.15) is 0 Å². The Morgan fingerprint density at radius 2 is 1.96 bits per heavy atom. The lowest BCUT2D eigenvalue weighted by molar-refractivity contribution is -0.135. The number of fused-ring (bicyclic) bond motifs is 1. The molecule has 1 aromatic carbocycles. The Balaban J connectivity index is 2.10. The van der Waals surface area contributed by atoms with E-state index < -0.39 is 17.6 Å². The van der Waals surface area contributed by atoms with Crippen molar-refractivity contribution in [3.63, 3.8) is 0 Å². The van der Waals surface area contributed by atoms with Crippen LogP contribution in [0.2, 0.25) is 0 Å². The molecule has 3 rings (SSSR count). The van der Waals surface area contributed by atoms with E-state index in [2.05, 4.69) is 0 Å². The van der Waals surface area contributed by atoms with E-state index in [1.165, 1.54) is 0 Å². The smallest absolute Gasteiger partial charge is 0.147 e. The van der Waals surface area contributed by atoms with E-state index in [9.17, 15) is 10.2 Å². The molecule has 4 unspecified atom stereocenters. The number of methoxy groups -OCH3 is 3. The van der Waals surface area contributed by atoms with Gasteiger partial charge in [0.15, 0.2) is 0 Å². The van der Waals surface area contributed by atoms with Crippen molar-refractivity contribution in [2.24, 2.45) is 5.41 Å². The molecule has 4 atom stereocenters. The van der Waals surface area contributed by atoms with Crippen molar-refractivity contribution in [3.05, 3.63) is 35.4 Å². The van der Waals surface area contributed by atoms with Gasteiger partial charge in [0, 0.05) is 24.2 Å². The number of ether oxygens (including phenoxy) is 4. The molecule has 1 fully saturated rings. The minimum atomic E-state index is -0.827. The van der Waals surface area contributed by atoms with Crippen molar-refractivity contribution in [3.8, 4) is 11.5 Å². The predicted octanol–water partition coefficient (Wildman–Crippen LogP) is 2.98. The maximum atomic E-state index is 10.5. The van der Waals surface area contributed by atoms with Crippen LogP contribution < -0.4 is 9.47 Å². The van der Waals surface area contributed by atoms with Crippen LogP contribution in [-0.4, -0.2) is 50.5 Å². The molecule has 150 valence electrons. The first kappa shape index (κ1) is 20.1. The van der Waals surface area contributed by atoms with Gasteiger partial charge in [-0.05, 0) is 37.8 Å². The van der Waals surface area contributed by atoms with Crippen LogP contribution in [0, 0.1) is 5.41 Å². The van der Waals surface area contributed by atoms with Crippen LogP contribution >= 0.6 is 0 Å². The van der Waals surface area contributed by atoms with Crippen LogP contribution in [0.3, 0.4) is 0 Å². The molecule has 27 heavy (non-hydrogen) atoms. The summed E-state index contributed by atoms with van der Waals surface area (Å²) in [6.45, 7) is 0.132. The molecule has 6 nitrogen and oxygen atoms in total. The summed E-state index contributed by atoms with van der Waals surface area (Å²) in [5.41, 5.74) is 1.66. The quantitative estimate of drug-likeness (QED) is 0.561. The molecule has 0 aliphatic heterocycles. The number of rotatable bonds is 7. The molecule has 2 N–H and O–H groups in total. The third-order valence-corrected chi connectivity index (χ3v) is 5.88. The van der Waals surface area contributed by atoms with Crippen molar-refractivity contribution in [2.45, 2.75) is 50.4 Å². The number of aliphatic hydroxyl groups excluding tert-OH is 2. The average molecular weight is 378 g/mol. The third-order valence-electron chi connectivity index (χ3n) is 5.88. The highest BCUT2D eigenvalue weighted by Gasteiger charge is 2.50. The van der Waals surface area contributed by atoms with E-state index in [0.717, 1.165) is 36.8 Å². The molecule has 1 aromatic rings. The fourth-order valence-electron chi connectivity index (χ4n) is 4.58. The highest BCUT2D eigenvalue weighted by Crippen LogP contribution is 2.57. The van der Waals surface area contributed by atoms with Gasteiger partial charge in [-0.3, -0.25) is 0 Å². The second kappa shape index (κ2) is 8.61. The number of aliphatic hydroxyl groups is 2. The number of hydrogen-bond acceptors (Lipinski definition) is 6. The molecule has 1 saturated carbocycles. The highest BCUT2D eigenvalue weighted by molar-refractivity contribution is 5.44. The van der Waals surface area contributed by atoms with E-state index in [4.69, 9.17) is 18.9 Å². The first-order valence-corrected chi connectivity index (χ1v) is 9.45. The largest absolute Gasteiger partial charge is 0.497 e. The lowest BCUT2D eigenvalue weighted by Gasteiger charge is -2.49. The maximum Gasteiger partial charge on any atom is 0.147 e. The first-order chi connectivity index (χ1) is 13.1.